The molecule has 1 aliphatic heterocycles. The van der Waals surface area contributed by atoms with E-state index >= 15 is 0 Å². The summed E-state index contributed by atoms with van der Waals surface area (Å²) < 4.78 is 31.6. The molecule has 0 saturated carbocycles. The molecule has 0 N–H and O–H groups in total. The van der Waals surface area contributed by atoms with Crippen LogP contribution in [0.15, 0.2) is 11.0 Å². The molecule has 8 heteroatoms. The molecular formula is C15H24N2O4S2. The van der Waals surface area contributed by atoms with Crippen LogP contribution in [0.5, 0.6) is 0 Å². The molecule has 0 unspecified atom stereocenters. The maximum absolute atomic E-state index is 12.7. The highest BCUT2D eigenvalue weighted by atomic mass is 32.2. The Morgan fingerprint density at radius 2 is 1.91 bits per heavy atom. The minimum atomic E-state index is -3.39. The van der Waals surface area contributed by atoms with Gasteiger partial charge in [0.25, 0.3) is 0 Å². The largest absolute Gasteiger partial charge is 0.469 e. The van der Waals surface area contributed by atoms with Gasteiger partial charge in [-0.3, -0.25) is 4.79 Å². The van der Waals surface area contributed by atoms with E-state index in [9.17, 15) is 13.2 Å². The number of hydrogen-bond acceptors (Lipinski definition) is 6. The lowest BCUT2D eigenvalue weighted by molar-refractivity contribution is -0.140. The SMILES string of the molecule is COC(=O)CCCN1CCN(S(=O)(=O)c2cc(C)sc2C)CC1. The van der Waals surface area contributed by atoms with Gasteiger partial charge in [-0.1, -0.05) is 0 Å². The lowest BCUT2D eigenvalue weighted by Crippen LogP contribution is -2.48. The maximum Gasteiger partial charge on any atom is 0.305 e. The third-order valence-electron chi connectivity index (χ3n) is 4.03. The van der Waals surface area contributed by atoms with Crippen molar-refractivity contribution in [1.82, 2.24) is 9.21 Å². The van der Waals surface area contributed by atoms with Gasteiger partial charge in [-0.15, -0.1) is 11.3 Å². The number of thiophene rings is 1. The normalized spacial score (nSPS) is 17.3. The summed E-state index contributed by atoms with van der Waals surface area (Å²) in [5.74, 6) is -0.200. The van der Waals surface area contributed by atoms with Gasteiger partial charge in [-0.05, 0) is 32.9 Å². The van der Waals surface area contributed by atoms with Gasteiger partial charge in [-0.2, -0.15) is 4.31 Å². The molecule has 130 valence electrons. The number of sulfonamides is 1. The second-order valence-electron chi connectivity index (χ2n) is 5.70. The minimum absolute atomic E-state index is 0.200. The Hall–Kier alpha value is -0.960. The zero-order chi connectivity index (χ0) is 17.0. The number of aryl methyl sites for hydroxylation is 2. The first-order valence-electron chi connectivity index (χ1n) is 7.71. The number of methoxy groups -OCH3 is 1. The second kappa shape index (κ2) is 7.74. The van der Waals surface area contributed by atoms with Crippen LogP contribution < -0.4 is 0 Å². The fourth-order valence-electron chi connectivity index (χ4n) is 2.75. The monoisotopic (exact) mass is 360 g/mol. The summed E-state index contributed by atoms with van der Waals surface area (Å²) in [4.78, 5) is 15.6. The van der Waals surface area contributed by atoms with Crippen molar-refractivity contribution in [3.63, 3.8) is 0 Å². The first kappa shape index (κ1) is 18.4. The molecular weight excluding hydrogens is 336 g/mol. The van der Waals surface area contributed by atoms with Crippen molar-refractivity contribution in [3.8, 4) is 0 Å². The van der Waals surface area contributed by atoms with Gasteiger partial charge in [0.2, 0.25) is 10.0 Å². The molecule has 0 aliphatic carbocycles. The molecule has 1 saturated heterocycles. The van der Waals surface area contributed by atoms with Crippen LogP contribution in [0.3, 0.4) is 0 Å². The van der Waals surface area contributed by atoms with E-state index < -0.39 is 10.0 Å². The molecule has 1 fully saturated rings. The lowest BCUT2D eigenvalue weighted by Gasteiger charge is -2.33. The number of piperazine rings is 1. The summed E-state index contributed by atoms with van der Waals surface area (Å²) in [7, 11) is -2.00. The van der Waals surface area contributed by atoms with Gasteiger partial charge in [0, 0.05) is 42.4 Å². The molecule has 0 spiro atoms. The van der Waals surface area contributed by atoms with Crippen LogP contribution in [-0.4, -0.2) is 63.4 Å². The predicted octanol–water partition coefficient (Wildman–Crippen LogP) is 1.62. The van der Waals surface area contributed by atoms with Gasteiger partial charge in [0.15, 0.2) is 0 Å². The first-order valence-corrected chi connectivity index (χ1v) is 9.96. The number of carbonyl (C=O) groups is 1. The van der Waals surface area contributed by atoms with Crippen LogP contribution >= 0.6 is 11.3 Å². The fraction of sp³-hybridized carbons (Fsp3) is 0.667. The zero-order valence-corrected chi connectivity index (χ0v) is 15.5. The smallest absolute Gasteiger partial charge is 0.305 e. The highest BCUT2D eigenvalue weighted by Gasteiger charge is 2.30. The van der Waals surface area contributed by atoms with E-state index in [1.807, 2.05) is 13.8 Å². The molecule has 2 rings (SSSR count). The topological polar surface area (TPSA) is 66.9 Å². The van der Waals surface area contributed by atoms with Crippen LogP contribution in [0.1, 0.15) is 22.6 Å². The average Bonchev–Trinajstić information content (AvgIpc) is 2.87. The third-order valence-corrected chi connectivity index (χ3v) is 7.15. The average molecular weight is 361 g/mol. The maximum atomic E-state index is 12.7. The van der Waals surface area contributed by atoms with E-state index in [0.717, 1.165) is 22.7 Å². The van der Waals surface area contributed by atoms with Crippen LogP contribution in [0, 0.1) is 13.8 Å². The standard InChI is InChI=1S/C15H24N2O4S2/c1-12-11-14(13(2)22-12)23(19,20)17-9-7-16(8-10-17)6-4-5-15(18)21-3/h11H,4-10H2,1-3H3. The quantitative estimate of drug-likeness (QED) is 0.721. The molecule has 0 atom stereocenters. The van der Waals surface area contributed by atoms with Crippen LogP contribution in [0.2, 0.25) is 0 Å². The Morgan fingerprint density at radius 3 is 2.43 bits per heavy atom. The molecule has 0 bridgehead atoms. The Kier molecular flexibility index (Phi) is 6.19. The highest BCUT2D eigenvalue weighted by molar-refractivity contribution is 7.89. The highest BCUT2D eigenvalue weighted by Crippen LogP contribution is 2.28. The molecule has 0 radical (unpaired) electrons. The van der Waals surface area contributed by atoms with E-state index in [1.165, 1.54) is 18.4 Å². The summed E-state index contributed by atoms with van der Waals surface area (Å²) >= 11 is 1.52. The Bertz CT molecular complexity index is 646. The summed E-state index contributed by atoms with van der Waals surface area (Å²) in [6.07, 6.45) is 1.14. The van der Waals surface area contributed by atoms with Crippen molar-refractivity contribution in [3.05, 3.63) is 15.8 Å². The van der Waals surface area contributed by atoms with E-state index in [1.54, 1.807) is 10.4 Å². The molecule has 0 aromatic carbocycles. The summed E-state index contributed by atoms with van der Waals surface area (Å²) in [6, 6.07) is 1.76. The number of ether oxygens (including phenoxy) is 1. The summed E-state index contributed by atoms with van der Waals surface area (Å²) in [5, 5.41) is 0. The van der Waals surface area contributed by atoms with Crippen molar-refractivity contribution in [1.29, 1.82) is 0 Å². The third kappa shape index (κ3) is 4.53. The van der Waals surface area contributed by atoms with Crippen LogP contribution in [0.25, 0.3) is 0 Å². The molecule has 2 heterocycles. The van der Waals surface area contributed by atoms with E-state index in [2.05, 4.69) is 9.64 Å². The number of rotatable bonds is 6. The van der Waals surface area contributed by atoms with Crippen molar-refractivity contribution >= 4 is 27.3 Å². The molecule has 6 nitrogen and oxygen atoms in total. The van der Waals surface area contributed by atoms with Gasteiger partial charge in [0.1, 0.15) is 0 Å². The van der Waals surface area contributed by atoms with E-state index in [-0.39, 0.29) is 5.97 Å². The predicted molar refractivity (Wildman–Crippen MR) is 90.2 cm³/mol. The molecule has 1 aromatic heterocycles. The lowest BCUT2D eigenvalue weighted by atomic mass is 10.2. The van der Waals surface area contributed by atoms with Gasteiger partial charge >= 0.3 is 5.97 Å². The van der Waals surface area contributed by atoms with Gasteiger partial charge in [-0.25, -0.2) is 8.42 Å². The second-order valence-corrected chi connectivity index (χ2v) is 9.07. The molecule has 1 aromatic rings. The molecule has 0 amide bonds. The van der Waals surface area contributed by atoms with Gasteiger partial charge in [0.05, 0.1) is 12.0 Å². The van der Waals surface area contributed by atoms with E-state index in [0.29, 0.717) is 37.5 Å². The minimum Gasteiger partial charge on any atom is -0.469 e. The van der Waals surface area contributed by atoms with Crippen molar-refractivity contribution in [2.45, 2.75) is 31.6 Å². The number of esters is 1. The Balaban J connectivity index is 1.89. The first-order chi connectivity index (χ1) is 10.8. The van der Waals surface area contributed by atoms with E-state index in [4.69, 9.17) is 0 Å². The van der Waals surface area contributed by atoms with Crippen LogP contribution in [0.4, 0.5) is 0 Å². The van der Waals surface area contributed by atoms with Crippen molar-refractivity contribution < 1.29 is 17.9 Å². The molecule has 1 aliphatic rings. The number of hydrogen-bond donors (Lipinski definition) is 0. The Morgan fingerprint density at radius 1 is 1.26 bits per heavy atom. The number of carbonyl (C=O) groups excluding carboxylic acids is 1. The van der Waals surface area contributed by atoms with Crippen molar-refractivity contribution in [2.75, 3.05) is 39.8 Å². The Labute approximate surface area is 142 Å². The van der Waals surface area contributed by atoms with Crippen molar-refractivity contribution in [2.24, 2.45) is 0 Å². The molecule has 23 heavy (non-hydrogen) atoms. The summed E-state index contributed by atoms with van der Waals surface area (Å²) in [6.45, 7) is 6.96. The van der Waals surface area contributed by atoms with Gasteiger partial charge < -0.3 is 9.64 Å². The van der Waals surface area contributed by atoms with Crippen LogP contribution in [-0.2, 0) is 19.6 Å². The fourth-order valence-corrected chi connectivity index (χ4v) is 5.69. The zero-order valence-electron chi connectivity index (χ0n) is 13.9. The number of nitrogens with zero attached hydrogens (tertiary/aromatic N) is 2. The summed E-state index contributed by atoms with van der Waals surface area (Å²) in [5.41, 5.74) is 0.